The number of aryl methyl sites for hydroxylation is 1. The van der Waals surface area contributed by atoms with Crippen molar-refractivity contribution in [3.05, 3.63) is 29.3 Å². The fraction of sp³-hybridized carbons (Fsp3) is 0.500. The third kappa shape index (κ3) is 2.02. The van der Waals surface area contributed by atoms with Gasteiger partial charge in [-0.15, -0.1) is 0 Å². The van der Waals surface area contributed by atoms with Crippen molar-refractivity contribution in [3.63, 3.8) is 0 Å². The number of carboxylic acid groups (broad SMARTS) is 1. The summed E-state index contributed by atoms with van der Waals surface area (Å²) in [5.74, 6) is -0.642. The SMILES string of the molecule is CC(C)(C(=O)O)C1CCCc2cc(N)ccc21. The van der Waals surface area contributed by atoms with Gasteiger partial charge in [0.2, 0.25) is 0 Å². The Morgan fingerprint density at radius 3 is 2.82 bits per heavy atom. The molecular formula is C14H19NO2. The summed E-state index contributed by atoms with van der Waals surface area (Å²) in [5.41, 5.74) is 8.21. The molecule has 0 spiro atoms. The number of rotatable bonds is 2. The van der Waals surface area contributed by atoms with Gasteiger partial charge in [0.05, 0.1) is 5.41 Å². The summed E-state index contributed by atoms with van der Waals surface area (Å²) in [5, 5.41) is 9.35. The van der Waals surface area contributed by atoms with Crippen LogP contribution in [0.3, 0.4) is 0 Å². The van der Waals surface area contributed by atoms with E-state index in [0.717, 1.165) is 30.5 Å². The van der Waals surface area contributed by atoms with Gasteiger partial charge in [-0.25, -0.2) is 0 Å². The number of carboxylic acids is 1. The predicted molar refractivity (Wildman–Crippen MR) is 68.0 cm³/mol. The van der Waals surface area contributed by atoms with E-state index in [1.807, 2.05) is 32.0 Å². The molecule has 3 heteroatoms. The number of aliphatic carboxylic acids is 1. The van der Waals surface area contributed by atoms with Gasteiger partial charge in [0.15, 0.2) is 0 Å². The average Bonchev–Trinajstić information content (AvgIpc) is 2.27. The van der Waals surface area contributed by atoms with Crippen LogP contribution in [0.5, 0.6) is 0 Å². The van der Waals surface area contributed by atoms with E-state index in [2.05, 4.69) is 0 Å². The normalized spacial score (nSPS) is 19.8. The lowest BCUT2D eigenvalue weighted by molar-refractivity contribution is -0.148. The molecular weight excluding hydrogens is 214 g/mol. The van der Waals surface area contributed by atoms with Gasteiger partial charge in [-0.1, -0.05) is 6.07 Å². The number of nitrogens with two attached hydrogens (primary N) is 1. The van der Waals surface area contributed by atoms with E-state index >= 15 is 0 Å². The lowest BCUT2D eigenvalue weighted by atomic mass is 9.68. The molecule has 1 atom stereocenters. The fourth-order valence-corrected chi connectivity index (χ4v) is 2.73. The third-order valence-electron chi connectivity index (χ3n) is 3.90. The molecule has 1 aromatic carbocycles. The van der Waals surface area contributed by atoms with E-state index in [1.165, 1.54) is 5.56 Å². The Morgan fingerprint density at radius 2 is 2.18 bits per heavy atom. The van der Waals surface area contributed by atoms with Crippen LogP contribution < -0.4 is 5.73 Å². The van der Waals surface area contributed by atoms with E-state index in [1.54, 1.807) is 0 Å². The van der Waals surface area contributed by atoms with E-state index < -0.39 is 11.4 Å². The molecule has 1 unspecified atom stereocenters. The second kappa shape index (κ2) is 4.06. The molecule has 0 heterocycles. The largest absolute Gasteiger partial charge is 0.481 e. The summed E-state index contributed by atoms with van der Waals surface area (Å²) in [4.78, 5) is 11.4. The Kier molecular flexibility index (Phi) is 2.86. The molecule has 1 aliphatic rings. The first-order valence-corrected chi connectivity index (χ1v) is 6.04. The standard InChI is InChI=1S/C14H19NO2/c1-14(2,13(16)17)12-5-3-4-9-8-10(15)6-7-11(9)12/h6-8,12H,3-5,15H2,1-2H3,(H,16,17). The van der Waals surface area contributed by atoms with Crippen molar-refractivity contribution in [1.29, 1.82) is 0 Å². The van der Waals surface area contributed by atoms with Crippen molar-refractivity contribution < 1.29 is 9.90 Å². The summed E-state index contributed by atoms with van der Waals surface area (Å²) in [6.07, 6.45) is 2.99. The van der Waals surface area contributed by atoms with Crippen LogP contribution in [0, 0.1) is 5.41 Å². The van der Waals surface area contributed by atoms with Crippen LogP contribution in [-0.4, -0.2) is 11.1 Å². The van der Waals surface area contributed by atoms with Gasteiger partial charge in [-0.05, 0) is 62.3 Å². The van der Waals surface area contributed by atoms with Crippen LogP contribution in [0.15, 0.2) is 18.2 Å². The molecule has 0 fully saturated rings. The summed E-state index contributed by atoms with van der Waals surface area (Å²) in [6, 6.07) is 5.85. The van der Waals surface area contributed by atoms with Crippen LogP contribution in [0.1, 0.15) is 43.7 Å². The van der Waals surface area contributed by atoms with E-state index in [4.69, 9.17) is 5.73 Å². The van der Waals surface area contributed by atoms with Gasteiger partial charge >= 0.3 is 5.97 Å². The Labute approximate surface area is 102 Å². The van der Waals surface area contributed by atoms with Crippen molar-refractivity contribution in [2.45, 2.75) is 39.0 Å². The molecule has 0 radical (unpaired) electrons. The maximum atomic E-state index is 11.4. The second-order valence-electron chi connectivity index (χ2n) is 5.43. The Bertz CT molecular complexity index is 452. The first kappa shape index (κ1) is 12.0. The molecule has 0 aromatic heterocycles. The highest BCUT2D eigenvalue weighted by atomic mass is 16.4. The Balaban J connectivity index is 2.45. The summed E-state index contributed by atoms with van der Waals surface area (Å²) >= 11 is 0. The van der Waals surface area contributed by atoms with Crippen molar-refractivity contribution in [2.24, 2.45) is 5.41 Å². The van der Waals surface area contributed by atoms with Gasteiger partial charge in [-0.3, -0.25) is 4.79 Å². The Morgan fingerprint density at radius 1 is 1.47 bits per heavy atom. The van der Waals surface area contributed by atoms with Crippen LogP contribution in [0.25, 0.3) is 0 Å². The van der Waals surface area contributed by atoms with Crippen molar-refractivity contribution in [1.82, 2.24) is 0 Å². The average molecular weight is 233 g/mol. The van der Waals surface area contributed by atoms with Crippen molar-refractivity contribution in [3.8, 4) is 0 Å². The van der Waals surface area contributed by atoms with Crippen LogP contribution >= 0.6 is 0 Å². The number of hydrogen-bond donors (Lipinski definition) is 2. The van der Waals surface area contributed by atoms with E-state index in [0.29, 0.717) is 0 Å². The minimum atomic E-state index is -0.729. The number of fused-ring (bicyclic) bond motifs is 1. The maximum absolute atomic E-state index is 11.4. The summed E-state index contributed by atoms with van der Waals surface area (Å²) in [6.45, 7) is 3.62. The molecule has 3 N–H and O–H groups in total. The zero-order chi connectivity index (χ0) is 12.6. The van der Waals surface area contributed by atoms with Gasteiger partial charge in [0, 0.05) is 5.69 Å². The van der Waals surface area contributed by atoms with Crippen LogP contribution in [-0.2, 0) is 11.2 Å². The number of anilines is 1. The van der Waals surface area contributed by atoms with Gasteiger partial charge < -0.3 is 10.8 Å². The molecule has 92 valence electrons. The highest BCUT2D eigenvalue weighted by Gasteiger charge is 2.39. The topological polar surface area (TPSA) is 63.3 Å². The summed E-state index contributed by atoms with van der Waals surface area (Å²) < 4.78 is 0. The number of hydrogen-bond acceptors (Lipinski definition) is 2. The van der Waals surface area contributed by atoms with Gasteiger partial charge in [-0.2, -0.15) is 0 Å². The van der Waals surface area contributed by atoms with Gasteiger partial charge in [0.1, 0.15) is 0 Å². The van der Waals surface area contributed by atoms with Crippen molar-refractivity contribution >= 4 is 11.7 Å². The molecule has 3 nitrogen and oxygen atoms in total. The molecule has 0 amide bonds. The highest BCUT2D eigenvalue weighted by molar-refractivity contribution is 5.75. The minimum Gasteiger partial charge on any atom is -0.481 e. The molecule has 2 rings (SSSR count). The van der Waals surface area contributed by atoms with E-state index in [9.17, 15) is 9.90 Å². The Hall–Kier alpha value is -1.51. The molecule has 0 bridgehead atoms. The smallest absolute Gasteiger partial charge is 0.309 e. The summed E-state index contributed by atoms with van der Waals surface area (Å²) in [7, 11) is 0. The van der Waals surface area contributed by atoms with Gasteiger partial charge in [0.25, 0.3) is 0 Å². The first-order valence-electron chi connectivity index (χ1n) is 6.04. The number of carbonyl (C=O) groups is 1. The minimum absolute atomic E-state index is 0.0874. The van der Waals surface area contributed by atoms with Crippen molar-refractivity contribution in [2.75, 3.05) is 5.73 Å². The highest BCUT2D eigenvalue weighted by Crippen LogP contribution is 2.44. The first-order chi connectivity index (χ1) is 7.93. The zero-order valence-electron chi connectivity index (χ0n) is 10.4. The van der Waals surface area contributed by atoms with Crippen LogP contribution in [0.2, 0.25) is 0 Å². The zero-order valence-corrected chi connectivity index (χ0v) is 10.4. The number of benzene rings is 1. The maximum Gasteiger partial charge on any atom is 0.309 e. The predicted octanol–water partition coefficient (Wildman–Crippen LogP) is 2.80. The molecule has 1 aliphatic carbocycles. The lowest BCUT2D eigenvalue weighted by Gasteiger charge is -2.35. The molecule has 17 heavy (non-hydrogen) atoms. The lowest BCUT2D eigenvalue weighted by Crippen LogP contribution is -2.33. The monoisotopic (exact) mass is 233 g/mol. The molecule has 1 aromatic rings. The van der Waals surface area contributed by atoms with E-state index in [-0.39, 0.29) is 5.92 Å². The fourth-order valence-electron chi connectivity index (χ4n) is 2.73. The molecule has 0 saturated heterocycles. The number of nitrogen functional groups attached to an aromatic ring is 1. The quantitative estimate of drug-likeness (QED) is 0.772. The molecule has 0 aliphatic heterocycles. The molecule has 0 saturated carbocycles. The third-order valence-corrected chi connectivity index (χ3v) is 3.90. The second-order valence-corrected chi connectivity index (χ2v) is 5.43. The van der Waals surface area contributed by atoms with Crippen LogP contribution in [0.4, 0.5) is 5.69 Å².